The molecule has 0 N–H and O–H groups in total. The third kappa shape index (κ3) is 5.26. The molecule has 252 valence electrons. The van der Waals surface area contributed by atoms with E-state index in [9.17, 15) is 8.42 Å². The minimum absolute atomic E-state index is 0.0465. The number of aromatic nitrogens is 1. The molecule has 0 spiro atoms. The number of para-hydroxylation sites is 1. The highest BCUT2D eigenvalue weighted by Crippen LogP contribution is 2.57. The van der Waals surface area contributed by atoms with Gasteiger partial charge in [-0.2, -0.15) is 0 Å². The lowest BCUT2D eigenvalue weighted by atomic mass is 9.80. The molecule has 1 aromatic heterocycles. The summed E-state index contributed by atoms with van der Waals surface area (Å²) in [7, 11) is 0.807. The number of oxazole rings is 1. The van der Waals surface area contributed by atoms with Gasteiger partial charge in [-0.3, -0.25) is 14.6 Å². The molecule has 2 atom stereocenters. The van der Waals surface area contributed by atoms with Crippen molar-refractivity contribution in [3.8, 4) is 11.5 Å². The molecular formula is C35H38ClN5O6S. The highest BCUT2D eigenvalue weighted by atomic mass is 35.5. The van der Waals surface area contributed by atoms with E-state index in [0.717, 1.165) is 42.5 Å². The summed E-state index contributed by atoms with van der Waals surface area (Å²) in [6, 6.07) is 16.3. The van der Waals surface area contributed by atoms with Gasteiger partial charge in [-0.05, 0) is 62.4 Å². The van der Waals surface area contributed by atoms with Gasteiger partial charge in [0.05, 0.1) is 37.0 Å². The topological polar surface area (TPSA) is 109 Å². The molecule has 13 heteroatoms. The summed E-state index contributed by atoms with van der Waals surface area (Å²) < 4.78 is 47.4. The zero-order valence-corrected chi connectivity index (χ0v) is 28.7. The first-order valence-electron chi connectivity index (χ1n) is 16.0. The van der Waals surface area contributed by atoms with Crippen molar-refractivity contribution in [2.24, 2.45) is 0 Å². The van der Waals surface area contributed by atoms with Crippen LogP contribution in [-0.2, 0) is 26.9 Å². The van der Waals surface area contributed by atoms with Crippen molar-refractivity contribution in [3.63, 3.8) is 0 Å². The van der Waals surface area contributed by atoms with Crippen LogP contribution in [-0.4, -0.2) is 88.0 Å². The number of rotatable bonds is 9. The van der Waals surface area contributed by atoms with Gasteiger partial charge < -0.3 is 18.8 Å². The SMILES string of the molecule is COc1ccc(S(=O)(=O)N2C(=O)C(c3cccc(CN4CCN(C)CC4)c3OC)(N3CCC[C@H]3c3ncco3)c3cc(Cl)ccc32)cc1. The zero-order valence-electron chi connectivity index (χ0n) is 27.1. The second-order valence-electron chi connectivity index (χ2n) is 12.4. The Bertz CT molecular complexity index is 1910. The zero-order chi connectivity index (χ0) is 33.6. The molecule has 2 fully saturated rings. The molecule has 2 saturated heterocycles. The number of likely N-dealkylation sites (N-methyl/N-ethyl adjacent to an activating group) is 1. The van der Waals surface area contributed by atoms with Crippen LogP contribution in [0.1, 0.15) is 41.5 Å². The molecule has 4 heterocycles. The van der Waals surface area contributed by atoms with Crippen LogP contribution >= 0.6 is 11.6 Å². The first kappa shape index (κ1) is 32.6. The third-order valence-corrected chi connectivity index (χ3v) is 11.7. The fraction of sp³-hybridized carbons (Fsp3) is 0.371. The highest BCUT2D eigenvalue weighted by molar-refractivity contribution is 7.93. The molecule has 7 rings (SSSR count). The number of ether oxygens (including phenoxy) is 2. The number of methoxy groups -OCH3 is 2. The van der Waals surface area contributed by atoms with Crippen LogP contribution < -0.4 is 13.8 Å². The van der Waals surface area contributed by atoms with Gasteiger partial charge in [0, 0.05) is 61.0 Å². The van der Waals surface area contributed by atoms with Crippen molar-refractivity contribution < 1.29 is 27.1 Å². The van der Waals surface area contributed by atoms with Crippen LogP contribution in [0.25, 0.3) is 0 Å². The molecule has 1 unspecified atom stereocenters. The number of nitrogens with zero attached hydrogens (tertiary/aromatic N) is 5. The van der Waals surface area contributed by atoms with Crippen molar-refractivity contribution in [2.45, 2.75) is 35.9 Å². The minimum atomic E-state index is -4.41. The maximum atomic E-state index is 15.6. The van der Waals surface area contributed by atoms with Gasteiger partial charge in [-0.15, -0.1) is 0 Å². The fourth-order valence-corrected chi connectivity index (χ4v) is 9.07. The van der Waals surface area contributed by atoms with E-state index < -0.39 is 27.5 Å². The van der Waals surface area contributed by atoms with E-state index in [0.29, 0.717) is 53.0 Å². The second kappa shape index (κ2) is 12.8. The summed E-state index contributed by atoms with van der Waals surface area (Å²) in [4.78, 5) is 26.7. The van der Waals surface area contributed by atoms with Crippen LogP contribution in [0.2, 0.25) is 5.02 Å². The lowest BCUT2D eigenvalue weighted by molar-refractivity contribution is -0.127. The van der Waals surface area contributed by atoms with Crippen LogP contribution in [0, 0.1) is 0 Å². The van der Waals surface area contributed by atoms with Gasteiger partial charge in [0.25, 0.3) is 15.9 Å². The highest BCUT2D eigenvalue weighted by Gasteiger charge is 2.63. The van der Waals surface area contributed by atoms with E-state index in [-0.39, 0.29) is 10.6 Å². The number of fused-ring (bicyclic) bond motifs is 1. The number of anilines is 1. The van der Waals surface area contributed by atoms with E-state index in [4.69, 9.17) is 25.5 Å². The summed E-state index contributed by atoms with van der Waals surface area (Å²) in [5.74, 6) is 0.824. The predicted octanol–water partition coefficient (Wildman–Crippen LogP) is 4.91. The minimum Gasteiger partial charge on any atom is -0.497 e. The quantitative estimate of drug-likeness (QED) is 0.240. The molecule has 3 aliphatic rings. The van der Waals surface area contributed by atoms with Gasteiger partial charge >= 0.3 is 0 Å². The number of carbonyl (C=O) groups excluding carboxylic acids is 1. The molecule has 4 aromatic rings. The van der Waals surface area contributed by atoms with Gasteiger partial charge in [-0.25, -0.2) is 17.7 Å². The van der Waals surface area contributed by atoms with Gasteiger partial charge in [0.1, 0.15) is 17.8 Å². The summed E-state index contributed by atoms with van der Waals surface area (Å²) in [5.41, 5.74) is 0.462. The Hall–Kier alpha value is -3.94. The number of hydrogen-bond donors (Lipinski definition) is 0. The lowest BCUT2D eigenvalue weighted by Crippen LogP contribution is -2.54. The summed E-state index contributed by atoms with van der Waals surface area (Å²) in [6.07, 6.45) is 4.47. The summed E-state index contributed by atoms with van der Waals surface area (Å²) >= 11 is 6.70. The smallest absolute Gasteiger partial charge is 0.271 e. The number of carbonyl (C=O) groups is 1. The van der Waals surface area contributed by atoms with Crippen molar-refractivity contribution in [2.75, 3.05) is 58.3 Å². The maximum Gasteiger partial charge on any atom is 0.271 e. The molecule has 48 heavy (non-hydrogen) atoms. The average molecular weight is 692 g/mol. The van der Waals surface area contributed by atoms with Gasteiger partial charge in [-0.1, -0.05) is 29.8 Å². The van der Waals surface area contributed by atoms with E-state index in [1.807, 2.05) is 23.1 Å². The average Bonchev–Trinajstić information content (AvgIpc) is 3.85. The van der Waals surface area contributed by atoms with Crippen LogP contribution in [0.15, 0.2) is 82.4 Å². The van der Waals surface area contributed by atoms with Gasteiger partial charge in [0.2, 0.25) is 5.89 Å². The largest absolute Gasteiger partial charge is 0.497 e. The monoisotopic (exact) mass is 691 g/mol. The lowest BCUT2D eigenvalue weighted by Gasteiger charge is -2.41. The number of sulfonamides is 1. The second-order valence-corrected chi connectivity index (χ2v) is 14.6. The molecule has 0 radical (unpaired) electrons. The number of benzene rings is 3. The van der Waals surface area contributed by atoms with Crippen molar-refractivity contribution >= 4 is 33.2 Å². The van der Waals surface area contributed by atoms with E-state index in [1.165, 1.54) is 25.5 Å². The Morgan fingerprint density at radius 1 is 0.979 bits per heavy atom. The fourth-order valence-electron chi connectivity index (χ4n) is 7.44. The molecule has 0 aliphatic carbocycles. The molecule has 1 amide bonds. The predicted molar refractivity (Wildman–Crippen MR) is 181 cm³/mol. The third-order valence-electron chi connectivity index (χ3n) is 9.76. The number of hydrogen-bond acceptors (Lipinski definition) is 10. The Balaban J connectivity index is 1.47. The molecule has 3 aromatic carbocycles. The first-order chi connectivity index (χ1) is 23.2. The van der Waals surface area contributed by atoms with Crippen LogP contribution in [0.3, 0.4) is 0 Å². The maximum absolute atomic E-state index is 15.6. The van der Waals surface area contributed by atoms with E-state index in [1.54, 1.807) is 43.6 Å². The Morgan fingerprint density at radius 3 is 2.44 bits per heavy atom. The van der Waals surface area contributed by atoms with Crippen molar-refractivity contribution in [3.05, 3.63) is 101 Å². The number of likely N-dealkylation sites (tertiary alicyclic amines) is 1. The molecule has 3 aliphatic heterocycles. The van der Waals surface area contributed by atoms with Crippen molar-refractivity contribution in [1.29, 1.82) is 0 Å². The molecule has 11 nitrogen and oxygen atoms in total. The number of amides is 1. The Morgan fingerprint density at radius 2 is 1.75 bits per heavy atom. The number of halogens is 1. The van der Waals surface area contributed by atoms with E-state index >= 15 is 4.79 Å². The van der Waals surface area contributed by atoms with Gasteiger partial charge in [0.15, 0.2) is 5.54 Å². The summed E-state index contributed by atoms with van der Waals surface area (Å²) in [5, 5.41) is 0.369. The molecular weight excluding hydrogens is 654 g/mol. The first-order valence-corrected chi connectivity index (χ1v) is 17.8. The Labute approximate surface area is 285 Å². The van der Waals surface area contributed by atoms with Crippen LogP contribution in [0.5, 0.6) is 11.5 Å². The van der Waals surface area contributed by atoms with Crippen LogP contribution in [0.4, 0.5) is 5.69 Å². The van der Waals surface area contributed by atoms with Crippen molar-refractivity contribution in [1.82, 2.24) is 19.7 Å². The molecule has 0 saturated carbocycles. The molecule has 0 bridgehead atoms. The summed E-state index contributed by atoms with van der Waals surface area (Å²) in [6.45, 7) is 4.74. The Kier molecular flexibility index (Phi) is 8.71. The normalized spacial score (nSPS) is 22.3. The van der Waals surface area contributed by atoms with E-state index in [2.05, 4.69) is 21.8 Å². The number of piperazine rings is 1. The standard InChI is InChI=1S/C35H38ClN5O6S/c1-38-17-19-39(20-18-38)23-24-6-4-7-28(32(24)46-3)35(40-16-5-8-31(40)33-37-15-21-47-33)29-22-25(36)9-14-30(29)41(34(35)42)48(43,44)27-12-10-26(45-2)11-13-27/h4,6-7,9-15,21-22,31H,5,8,16-20,23H2,1-3H3/t31-,35?/m0/s1.